The molecule has 3 aromatic rings. The van der Waals surface area contributed by atoms with Crippen LogP contribution in [0.3, 0.4) is 0 Å². The Labute approximate surface area is 171 Å². The predicted molar refractivity (Wildman–Crippen MR) is 110 cm³/mol. The third-order valence-corrected chi connectivity index (χ3v) is 4.24. The number of aromatic nitrogens is 2. The molecule has 3 rings (SSSR count). The van der Waals surface area contributed by atoms with Gasteiger partial charge in [-0.25, -0.2) is 4.79 Å². The Morgan fingerprint density at radius 3 is 2.07 bits per heavy atom. The second-order valence-corrected chi connectivity index (χ2v) is 6.49. The Morgan fingerprint density at radius 2 is 1.48 bits per heavy atom. The molecule has 0 saturated carbocycles. The minimum absolute atomic E-state index is 0.106. The summed E-state index contributed by atoms with van der Waals surface area (Å²) in [6.07, 6.45) is 3.59. The van der Waals surface area contributed by atoms with Crippen molar-refractivity contribution in [2.45, 2.75) is 26.6 Å². The summed E-state index contributed by atoms with van der Waals surface area (Å²) in [5.41, 5.74) is 2.95. The number of para-hydroxylation sites is 1. The maximum absolute atomic E-state index is 11.7. The molecule has 0 radical (unpaired) electrons. The van der Waals surface area contributed by atoms with E-state index in [9.17, 15) is 4.79 Å². The molecular weight excluding hydrogens is 366 g/mol. The SMILES string of the molecule is CCOC(=O)COc1ccccc1CN(Cc1ccccn1)Cc1ccccn1. The molecule has 0 N–H and O–H groups in total. The number of carbonyl (C=O) groups is 1. The fourth-order valence-corrected chi connectivity index (χ4v) is 2.96. The van der Waals surface area contributed by atoms with Crippen molar-refractivity contribution < 1.29 is 14.3 Å². The first-order valence-electron chi connectivity index (χ1n) is 9.63. The van der Waals surface area contributed by atoms with Crippen molar-refractivity contribution in [2.75, 3.05) is 13.2 Å². The third kappa shape index (κ3) is 6.69. The quantitative estimate of drug-likeness (QED) is 0.492. The fraction of sp³-hybridized carbons (Fsp3) is 0.261. The lowest BCUT2D eigenvalue weighted by Gasteiger charge is -2.23. The van der Waals surface area contributed by atoms with Gasteiger partial charge in [-0.1, -0.05) is 30.3 Å². The molecule has 2 heterocycles. The number of hydrogen-bond donors (Lipinski definition) is 0. The highest BCUT2D eigenvalue weighted by molar-refractivity contribution is 5.71. The van der Waals surface area contributed by atoms with Crippen LogP contribution in [0.5, 0.6) is 5.75 Å². The van der Waals surface area contributed by atoms with Crippen LogP contribution in [0.25, 0.3) is 0 Å². The lowest BCUT2D eigenvalue weighted by atomic mass is 10.1. The van der Waals surface area contributed by atoms with Crippen LogP contribution in [0.1, 0.15) is 23.9 Å². The molecule has 0 aliphatic rings. The average Bonchev–Trinajstić information content (AvgIpc) is 2.75. The highest BCUT2D eigenvalue weighted by atomic mass is 16.6. The molecule has 0 bridgehead atoms. The van der Waals surface area contributed by atoms with Crippen LogP contribution < -0.4 is 4.74 Å². The Kier molecular flexibility index (Phi) is 7.72. The van der Waals surface area contributed by atoms with Gasteiger partial charge >= 0.3 is 5.97 Å². The van der Waals surface area contributed by atoms with E-state index in [-0.39, 0.29) is 12.6 Å². The molecule has 150 valence electrons. The predicted octanol–water partition coefficient (Wildman–Crippen LogP) is 3.62. The summed E-state index contributed by atoms with van der Waals surface area (Å²) in [5, 5.41) is 0. The van der Waals surface area contributed by atoms with Gasteiger partial charge in [-0.15, -0.1) is 0 Å². The van der Waals surface area contributed by atoms with Crippen LogP contribution in [-0.4, -0.2) is 34.1 Å². The van der Waals surface area contributed by atoms with Crippen LogP contribution in [0, 0.1) is 0 Å². The molecule has 1 aromatic carbocycles. The summed E-state index contributed by atoms with van der Waals surface area (Å²) in [6.45, 7) is 3.98. The second-order valence-electron chi connectivity index (χ2n) is 6.49. The van der Waals surface area contributed by atoms with Crippen LogP contribution >= 0.6 is 0 Å². The minimum Gasteiger partial charge on any atom is -0.482 e. The molecule has 6 heteroatoms. The molecule has 0 spiro atoms. The molecule has 0 atom stereocenters. The van der Waals surface area contributed by atoms with Crippen molar-refractivity contribution in [3.63, 3.8) is 0 Å². The van der Waals surface area contributed by atoms with Crippen LogP contribution in [-0.2, 0) is 29.2 Å². The molecule has 2 aromatic heterocycles. The number of esters is 1. The van der Waals surface area contributed by atoms with E-state index < -0.39 is 0 Å². The highest BCUT2D eigenvalue weighted by Crippen LogP contribution is 2.22. The van der Waals surface area contributed by atoms with Gasteiger partial charge in [0.15, 0.2) is 6.61 Å². The summed E-state index contributed by atoms with van der Waals surface area (Å²) in [6, 6.07) is 19.5. The Morgan fingerprint density at radius 1 is 0.862 bits per heavy atom. The van der Waals surface area contributed by atoms with Crippen molar-refractivity contribution in [1.29, 1.82) is 0 Å². The maximum Gasteiger partial charge on any atom is 0.344 e. The van der Waals surface area contributed by atoms with Gasteiger partial charge in [0, 0.05) is 37.6 Å². The van der Waals surface area contributed by atoms with Crippen molar-refractivity contribution >= 4 is 5.97 Å². The first-order chi connectivity index (χ1) is 14.2. The van der Waals surface area contributed by atoms with Gasteiger partial charge < -0.3 is 9.47 Å². The number of benzene rings is 1. The number of rotatable bonds is 10. The maximum atomic E-state index is 11.7. The molecule has 0 amide bonds. The average molecular weight is 391 g/mol. The topological polar surface area (TPSA) is 64.6 Å². The Hall–Kier alpha value is -3.25. The van der Waals surface area contributed by atoms with Crippen LogP contribution in [0.15, 0.2) is 73.1 Å². The van der Waals surface area contributed by atoms with Crippen molar-refractivity contribution in [1.82, 2.24) is 14.9 Å². The van der Waals surface area contributed by atoms with Gasteiger partial charge in [0.2, 0.25) is 0 Å². The van der Waals surface area contributed by atoms with E-state index in [1.165, 1.54) is 0 Å². The second kappa shape index (κ2) is 10.9. The van der Waals surface area contributed by atoms with Gasteiger partial charge in [0.1, 0.15) is 5.75 Å². The van der Waals surface area contributed by atoms with Gasteiger partial charge in [-0.05, 0) is 37.3 Å². The number of hydrogen-bond acceptors (Lipinski definition) is 6. The molecule has 0 fully saturated rings. The third-order valence-electron chi connectivity index (χ3n) is 4.24. The van der Waals surface area contributed by atoms with Gasteiger partial charge in [-0.2, -0.15) is 0 Å². The summed E-state index contributed by atoms with van der Waals surface area (Å²) in [7, 11) is 0. The highest BCUT2D eigenvalue weighted by Gasteiger charge is 2.14. The van der Waals surface area contributed by atoms with E-state index in [1.807, 2.05) is 60.7 Å². The van der Waals surface area contributed by atoms with E-state index in [1.54, 1.807) is 19.3 Å². The molecule has 0 aliphatic carbocycles. The number of nitrogens with zero attached hydrogens (tertiary/aromatic N) is 3. The minimum atomic E-state index is -0.374. The fourth-order valence-electron chi connectivity index (χ4n) is 2.96. The molecule has 0 saturated heterocycles. The summed E-state index contributed by atoms with van der Waals surface area (Å²) < 4.78 is 10.7. The van der Waals surface area contributed by atoms with E-state index in [2.05, 4.69) is 14.9 Å². The number of pyridine rings is 2. The molecule has 0 aliphatic heterocycles. The zero-order chi connectivity index (χ0) is 20.3. The largest absolute Gasteiger partial charge is 0.482 e. The summed E-state index contributed by atoms with van der Waals surface area (Å²) >= 11 is 0. The number of ether oxygens (including phenoxy) is 2. The van der Waals surface area contributed by atoms with E-state index >= 15 is 0 Å². The van der Waals surface area contributed by atoms with Crippen molar-refractivity contribution in [2.24, 2.45) is 0 Å². The van der Waals surface area contributed by atoms with Gasteiger partial charge in [-0.3, -0.25) is 14.9 Å². The Balaban J connectivity index is 1.75. The zero-order valence-electron chi connectivity index (χ0n) is 16.5. The van der Waals surface area contributed by atoms with Crippen molar-refractivity contribution in [3.05, 3.63) is 90.0 Å². The monoisotopic (exact) mass is 391 g/mol. The lowest BCUT2D eigenvalue weighted by Crippen LogP contribution is -2.24. The molecule has 0 unspecified atom stereocenters. The standard InChI is InChI=1S/C23H25N3O3/c1-2-28-23(27)18-29-22-12-4-3-9-19(22)15-26(16-20-10-5-7-13-24-20)17-21-11-6-8-14-25-21/h3-14H,2,15-18H2,1H3. The van der Waals surface area contributed by atoms with Crippen LogP contribution in [0.4, 0.5) is 0 Å². The first kappa shape index (κ1) is 20.5. The molecule has 6 nitrogen and oxygen atoms in total. The van der Waals surface area contributed by atoms with E-state index in [0.29, 0.717) is 32.0 Å². The number of carbonyl (C=O) groups excluding carboxylic acids is 1. The van der Waals surface area contributed by atoms with Gasteiger partial charge in [0.25, 0.3) is 0 Å². The lowest BCUT2D eigenvalue weighted by molar-refractivity contribution is -0.145. The Bertz CT molecular complexity index is 847. The summed E-state index contributed by atoms with van der Waals surface area (Å²) in [5.74, 6) is 0.300. The van der Waals surface area contributed by atoms with Gasteiger partial charge in [0.05, 0.1) is 18.0 Å². The van der Waals surface area contributed by atoms with E-state index in [0.717, 1.165) is 17.0 Å². The summed E-state index contributed by atoms with van der Waals surface area (Å²) in [4.78, 5) is 22.8. The molecular formula is C23H25N3O3. The van der Waals surface area contributed by atoms with E-state index in [4.69, 9.17) is 9.47 Å². The molecule has 29 heavy (non-hydrogen) atoms. The zero-order valence-corrected chi connectivity index (χ0v) is 16.5. The normalized spacial score (nSPS) is 10.7. The first-order valence-corrected chi connectivity index (χ1v) is 9.63. The van der Waals surface area contributed by atoms with Crippen molar-refractivity contribution in [3.8, 4) is 5.75 Å². The van der Waals surface area contributed by atoms with Crippen LogP contribution in [0.2, 0.25) is 0 Å². The smallest absolute Gasteiger partial charge is 0.344 e.